The number of hydrazone groups is 1. The monoisotopic (exact) mass is 595 g/mol. The molecule has 5 aromatic rings. The summed E-state index contributed by atoms with van der Waals surface area (Å²) in [6.45, 7) is 0. The van der Waals surface area contributed by atoms with Gasteiger partial charge in [0.2, 0.25) is 0 Å². The maximum atomic E-state index is 13.7. The van der Waals surface area contributed by atoms with E-state index in [0.717, 1.165) is 6.07 Å². The molecule has 0 atom stereocenters. The van der Waals surface area contributed by atoms with Crippen LogP contribution in [0.15, 0.2) is 96.1 Å². The van der Waals surface area contributed by atoms with Crippen molar-refractivity contribution >= 4 is 52.2 Å². The minimum Gasteiger partial charge on any atom is -0.422 e. The number of nitrogens with zero attached hydrogens (tertiary/aromatic N) is 1. The van der Waals surface area contributed by atoms with E-state index < -0.39 is 23.6 Å². The first-order valence-corrected chi connectivity index (χ1v) is 12.8. The van der Waals surface area contributed by atoms with Gasteiger partial charge in [-0.05, 0) is 42.0 Å². The summed E-state index contributed by atoms with van der Waals surface area (Å²) in [5, 5.41) is 4.67. The molecule has 0 saturated carbocycles. The highest BCUT2D eigenvalue weighted by molar-refractivity contribution is 6.36. The molecule has 41 heavy (non-hydrogen) atoms. The van der Waals surface area contributed by atoms with Gasteiger partial charge in [0.1, 0.15) is 11.4 Å². The number of halogens is 5. The van der Waals surface area contributed by atoms with Crippen molar-refractivity contribution in [2.75, 3.05) is 0 Å². The number of carbonyl (C=O) groups is 2. The zero-order valence-electron chi connectivity index (χ0n) is 20.8. The third-order valence-corrected chi connectivity index (χ3v) is 6.62. The van der Waals surface area contributed by atoms with E-state index in [1.165, 1.54) is 42.6 Å². The smallest absolute Gasteiger partial charge is 0.418 e. The van der Waals surface area contributed by atoms with E-state index >= 15 is 0 Å². The quantitative estimate of drug-likeness (QED) is 0.0899. The van der Waals surface area contributed by atoms with Crippen LogP contribution in [0.5, 0.6) is 5.75 Å². The van der Waals surface area contributed by atoms with Crippen molar-refractivity contribution in [3.63, 3.8) is 0 Å². The Morgan fingerprint density at radius 1 is 0.902 bits per heavy atom. The maximum Gasteiger partial charge on any atom is 0.418 e. The van der Waals surface area contributed by atoms with Crippen LogP contribution in [-0.4, -0.2) is 23.1 Å². The molecule has 0 aliphatic carbocycles. The molecule has 0 aliphatic rings. The molecule has 1 heterocycles. The van der Waals surface area contributed by atoms with E-state index in [9.17, 15) is 22.8 Å². The lowest BCUT2D eigenvalue weighted by Crippen LogP contribution is -2.19. The summed E-state index contributed by atoms with van der Waals surface area (Å²) in [5.41, 5.74) is 2.42. The van der Waals surface area contributed by atoms with E-state index in [0.29, 0.717) is 21.7 Å². The Hall–Kier alpha value is -4.60. The number of para-hydroxylation sites is 2. The molecule has 1 amide bonds. The molecule has 0 fully saturated rings. The highest BCUT2D eigenvalue weighted by Crippen LogP contribution is 2.39. The fourth-order valence-corrected chi connectivity index (χ4v) is 4.72. The van der Waals surface area contributed by atoms with Gasteiger partial charge in [0.15, 0.2) is 0 Å². The maximum absolute atomic E-state index is 13.7. The topological polar surface area (TPSA) is 83.5 Å². The number of ether oxygens (including phenoxy) is 1. The normalized spacial score (nSPS) is 11.6. The average Bonchev–Trinajstić information content (AvgIpc) is 3.33. The summed E-state index contributed by atoms with van der Waals surface area (Å²) < 4.78 is 46.7. The SMILES string of the molecule is O=C(Oc1ccccc1C=NNC(=O)c1[nH]c2c(C(F)(F)F)cccc2c1-c1ccccc1)c1ccc(Cl)cc1Cl. The van der Waals surface area contributed by atoms with Crippen molar-refractivity contribution in [2.24, 2.45) is 5.10 Å². The zero-order chi connectivity index (χ0) is 29.1. The highest BCUT2D eigenvalue weighted by Gasteiger charge is 2.34. The molecule has 0 aliphatic heterocycles. The Bertz CT molecular complexity index is 1800. The van der Waals surface area contributed by atoms with Crippen molar-refractivity contribution in [2.45, 2.75) is 6.18 Å². The molecule has 4 aromatic carbocycles. The fraction of sp³-hybridized carbons (Fsp3) is 0.0333. The number of alkyl halides is 3. The van der Waals surface area contributed by atoms with Crippen LogP contribution >= 0.6 is 23.2 Å². The van der Waals surface area contributed by atoms with Gasteiger partial charge in [-0.1, -0.05) is 77.8 Å². The summed E-state index contributed by atoms with van der Waals surface area (Å²) in [6.07, 6.45) is -3.39. The standard InChI is InChI=1S/C30H18Cl2F3N3O3/c31-19-13-14-20(23(32)15-19)29(40)41-24-12-5-4-9-18(24)16-36-38-28(39)27-25(17-7-2-1-3-8-17)21-10-6-11-22(26(21)37-27)30(33,34)35/h1-16,37H,(H,38,39). The summed E-state index contributed by atoms with van der Waals surface area (Å²) in [7, 11) is 0. The van der Waals surface area contributed by atoms with Gasteiger partial charge < -0.3 is 9.72 Å². The van der Waals surface area contributed by atoms with E-state index in [1.54, 1.807) is 48.5 Å². The summed E-state index contributed by atoms with van der Waals surface area (Å²) >= 11 is 12.0. The van der Waals surface area contributed by atoms with Gasteiger partial charge in [-0.25, -0.2) is 10.2 Å². The highest BCUT2D eigenvalue weighted by atomic mass is 35.5. The first-order valence-electron chi connectivity index (χ1n) is 12.0. The number of fused-ring (bicyclic) bond motifs is 1. The van der Waals surface area contributed by atoms with E-state index in [4.69, 9.17) is 27.9 Å². The van der Waals surface area contributed by atoms with E-state index in [2.05, 4.69) is 15.5 Å². The number of aromatic amines is 1. The van der Waals surface area contributed by atoms with Gasteiger partial charge in [0, 0.05) is 21.5 Å². The number of aromatic nitrogens is 1. The van der Waals surface area contributed by atoms with Crippen LogP contribution in [0.25, 0.3) is 22.0 Å². The van der Waals surface area contributed by atoms with Crippen LogP contribution in [-0.2, 0) is 6.18 Å². The second-order valence-corrected chi connectivity index (χ2v) is 9.56. The third-order valence-electron chi connectivity index (χ3n) is 6.07. The largest absolute Gasteiger partial charge is 0.422 e. The van der Waals surface area contributed by atoms with Crippen LogP contribution in [0.1, 0.15) is 32.0 Å². The molecule has 2 N–H and O–H groups in total. The Morgan fingerprint density at radius 3 is 2.37 bits per heavy atom. The van der Waals surface area contributed by atoms with Crippen LogP contribution in [0, 0.1) is 0 Å². The number of esters is 1. The minimum atomic E-state index is -4.64. The molecule has 0 saturated heterocycles. The van der Waals surface area contributed by atoms with Crippen LogP contribution < -0.4 is 10.2 Å². The fourth-order valence-electron chi connectivity index (χ4n) is 4.24. The molecule has 0 unspecified atom stereocenters. The molecule has 0 radical (unpaired) electrons. The minimum absolute atomic E-state index is 0.0987. The predicted molar refractivity (Wildman–Crippen MR) is 152 cm³/mol. The number of H-pyrrole nitrogens is 1. The Labute approximate surface area is 241 Å². The molecule has 0 spiro atoms. The number of nitrogens with one attached hydrogen (secondary N) is 2. The second-order valence-electron chi connectivity index (χ2n) is 8.72. The zero-order valence-corrected chi connectivity index (χ0v) is 22.3. The number of benzene rings is 4. The second kappa shape index (κ2) is 11.5. The number of amides is 1. The third kappa shape index (κ3) is 5.96. The van der Waals surface area contributed by atoms with Crippen LogP contribution in [0.3, 0.4) is 0 Å². The number of hydrogen-bond acceptors (Lipinski definition) is 4. The first kappa shape index (κ1) is 27.9. The van der Waals surface area contributed by atoms with Gasteiger partial charge in [-0.2, -0.15) is 18.3 Å². The first-order chi connectivity index (χ1) is 19.6. The Kier molecular flexibility index (Phi) is 7.83. The van der Waals surface area contributed by atoms with Crippen molar-refractivity contribution < 1.29 is 27.5 Å². The summed E-state index contributed by atoms with van der Waals surface area (Å²) in [4.78, 5) is 28.6. The Morgan fingerprint density at radius 2 is 1.63 bits per heavy atom. The van der Waals surface area contributed by atoms with Crippen molar-refractivity contribution in [1.29, 1.82) is 0 Å². The number of carbonyl (C=O) groups excluding carboxylic acids is 2. The number of rotatable bonds is 6. The van der Waals surface area contributed by atoms with Gasteiger partial charge in [0.05, 0.1) is 27.9 Å². The van der Waals surface area contributed by atoms with Crippen LogP contribution in [0.2, 0.25) is 10.0 Å². The lowest BCUT2D eigenvalue weighted by Gasteiger charge is -2.08. The van der Waals surface area contributed by atoms with Gasteiger partial charge in [-0.15, -0.1) is 0 Å². The van der Waals surface area contributed by atoms with Gasteiger partial charge in [-0.3, -0.25) is 4.79 Å². The molecular weight excluding hydrogens is 578 g/mol. The van der Waals surface area contributed by atoms with Crippen molar-refractivity contribution in [1.82, 2.24) is 10.4 Å². The lowest BCUT2D eigenvalue weighted by atomic mass is 10.0. The summed E-state index contributed by atoms with van der Waals surface area (Å²) in [5.74, 6) is -1.37. The average molecular weight is 596 g/mol. The van der Waals surface area contributed by atoms with Crippen molar-refractivity contribution in [3.05, 3.63) is 123 Å². The number of hydrogen-bond donors (Lipinski definition) is 2. The van der Waals surface area contributed by atoms with Gasteiger partial charge >= 0.3 is 12.1 Å². The van der Waals surface area contributed by atoms with Crippen molar-refractivity contribution in [3.8, 4) is 16.9 Å². The Balaban J connectivity index is 1.44. The molecular formula is C30H18Cl2F3N3O3. The molecule has 11 heteroatoms. The summed E-state index contributed by atoms with van der Waals surface area (Å²) in [6, 6.07) is 23.1. The molecule has 0 bridgehead atoms. The van der Waals surface area contributed by atoms with E-state index in [1.807, 2.05) is 0 Å². The van der Waals surface area contributed by atoms with Gasteiger partial charge in [0.25, 0.3) is 5.91 Å². The molecule has 1 aromatic heterocycles. The van der Waals surface area contributed by atoms with Crippen LogP contribution in [0.4, 0.5) is 13.2 Å². The van der Waals surface area contributed by atoms with E-state index in [-0.39, 0.29) is 32.9 Å². The molecule has 5 rings (SSSR count). The predicted octanol–water partition coefficient (Wildman–Crippen LogP) is 8.14. The lowest BCUT2D eigenvalue weighted by molar-refractivity contribution is -0.136. The molecule has 6 nitrogen and oxygen atoms in total. The molecule has 206 valence electrons.